The molecule has 4 aromatic rings. The van der Waals surface area contributed by atoms with E-state index in [1.165, 1.54) is 0 Å². The lowest BCUT2D eigenvalue weighted by molar-refractivity contribution is 0.429. The van der Waals surface area contributed by atoms with Crippen molar-refractivity contribution in [1.29, 1.82) is 0 Å². The maximum Gasteiger partial charge on any atom is 0.143 e. The molecule has 0 amide bonds. The minimum Gasteiger partial charge on any atom is -0.621 e. The molecule has 4 nitrogen and oxygen atoms in total. The second kappa shape index (κ2) is 9.21. The van der Waals surface area contributed by atoms with Gasteiger partial charge in [-0.3, -0.25) is 9.29 Å². The van der Waals surface area contributed by atoms with Gasteiger partial charge in [-0.2, -0.15) is 0 Å². The lowest BCUT2D eigenvalue weighted by Gasteiger charge is -2.47. The Morgan fingerprint density at radius 2 is 0.912 bits per heavy atom. The number of hydrogen-bond acceptors (Lipinski definition) is 2. The van der Waals surface area contributed by atoms with Crippen LogP contribution in [0.25, 0.3) is 0 Å². The van der Waals surface area contributed by atoms with E-state index in [0.29, 0.717) is 34.9 Å². The van der Waals surface area contributed by atoms with Gasteiger partial charge in [0.1, 0.15) is 34.5 Å². The van der Waals surface area contributed by atoms with Crippen molar-refractivity contribution in [3.8, 4) is 0 Å². The molecule has 0 saturated heterocycles. The molecule has 0 heterocycles. The number of para-hydroxylation sites is 3. The summed E-state index contributed by atoms with van der Waals surface area (Å²) in [4.78, 5) is 0. The molecule has 0 saturated carbocycles. The van der Waals surface area contributed by atoms with Gasteiger partial charge in [-0.05, 0) is 18.2 Å². The van der Waals surface area contributed by atoms with Crippen molar-refractivity contribution in [2.24, 2.45) is 0 Å². The smallest absolute Gasteiger partial charge is 0.143 e. The van der Waals surface area contributed by atoms with Crippen molar-refractivity contribution < 1.29 is 0 Å². The quantitative estimate of drug-likeness (QED) is 0.221. The lowest BCUT2D eigenvalue weighted by atomic mass is 10.0. The maximum atomic E-state index is 14.5. The molecular formula is C30H26N2O2. The highest BCUT2D eigenvalue weighted by molar-refractivity contribution is 5.73. The van der Waals surface area contributed by atoms with Crippen LogP contribution in [0, 0.1) is 10.4 Å². The van der Waals surface area contributed by atoms with Gasteiger partial charge in [-0.15, -0.1) is 0 Å². The first kappa shape index (κ1) is 22.0. The monoisotopic (exact) mass is 446 g/mol. The Bertz CT molecular complexity index is 1250. The summed E-state index contributed by atoms with van der Waals surface area (Å²) in [6.45, 7) is 0. The Kier molecular flexibility index (Phi) is 5.97. The van der Waals surface area contributed by atoms with Crippen LogP contribution >= 0.6 is 0 Å². The van der Waals surface area contributed by atoms with Crippen LogP contribution in [0.5, 0.6) is 0 Å². The Balaban J connectivity index is 1.62. The van der Waals surface area contributed by atoms with Gasteiger partial charge in [0.15, 0.2) is 0 Å². The van der Waals surface area contributed by atoms with E-state index in [1.54, 1.807) is 24.3 Å². The van der Waals surface area contributed by atoms with Gasteiger partial charge in [0.2, 0.25) is 0 Å². The van der Waals surface area contributed by atoms with Gasteiger partial charge in [-0.1, -0.05) is 72.8 Å². The number of benzene rings is 4. The molecule has 168 valence electrons. The molecule has 0 fully saturated rings. The van der Waals surface area contributed by atoms with Crippen molar-refractivity contribution in [3.63, 3.8) is 0 Å². The minimum atomic E-state index is -0.738. The fourth-order valence-corrected chi connectivity index (χ4v) is 4.63. The van der Waals surface area contributed by atoms with E-state index >= 15 is 0 Å². The van der Waals surface area contributed by atoms with Crippen molar-refractivity contribution in [2.75, 3.05) is 0 Å². The van der Waals surface area contributed by atoms with Crippen LogP contribution in [0.1, 0.15) is 6.42 Å². The highest BCUT2D eigenvalue weighted by atomic mass is 16.6. The zero-order valence-corrected chi connectivity index (χ0v) is 18.8. The molecule has 2 atom stereocenters. The minimum absolute atomic E-state index is 0.284. The first-order valence-corrected chi connectivity index (χ1v) is 11.4. The number of allylic oxidation sites excluding steroid dienone is 2. The molecule has 4 aromatic carbocycles. The number of hydroxylamine groups is 1. The van der Waals surface area contributed by atoms with Crippen LogP contribution in [0.4, 0.5) is 28.4 Å². The highest BCUT2D eigenvalue weighted by Crippen LogP contribution is 2.45. The molecular weight excluding hydrogens is 420 g/mol. The molecule has 1 aliphatic rings. The molecule has 0 aliphatic heterocycles. The van der Waals surface area contributed by atoms with Gasteiger partial charge in [0.25, 0.3) is 0 Å². The topological polar surface area (TPSA) is 46.1 Å². The van der Waals surface area contributed by atoms with Crippen molar-refractivity contribution in [1.82, 2.24) is 9.29 Å². The molecule has 0 bridgehead atoms. The summed E-state index contributed by atoms with van der Waals surface area (Å²) in [6, 6.07) is 35.0. The predicted molar refractivity (Wildman–Crippen MR) is 142 cm³/mol. The van der Waals surface area contributed by atoms with E-state index in [9.17, 15) is 10.4 Å². The van der Waals surface area contributed by atoms with Gasteiger partial charge in [0.05, 0.1) is 0 Å². The van der Waals surface area contributed by atoms with E-state index in [1.807, 2.05) is 115 Å². The SMILES string of the molecule is [O-][N+](c1ccccc1)(c1ccccc1)c1ccc([N+]([O-])(c2ccccc2)C2C=CC=CC2)cc1. The third-order valence-corrected chi connectivity index (χ3v) is 6.40. The van der Waals surface area contributed by atoms with Crippen LogP contribution in [-0.4, -0.2) is 6.04 Å². The van der Waals surface area contributed by atoms with E-state index in [2.05, 4.69) is 0 Å². The summed E-state index contributed by atoms with van der Waals surface area (Å²) in [7, 11) is 0. The molecule has 1 aliphatic carbocycles. The molecule has 0 N–H and O–H groups in total. The summed E-state index contributed by atoms with van der Waals surface area (Å²) in [5.41, 5.74) is 3.00. The second-order valence-corrected chi connectivity index (χ2v) is 8.41. The Hall–Kier alpha value is -3.80. The fraction of sp³-hybridized carbons (Fsp3) is 0.0667. The fourth-order valence-electron chi connectivity index (χ4n) is 4.63. The summed E-state index contributed by atoms with van der Waals surface area (Å²) in [5, 5.41) is 29.0. The van der Waals surface area contributed by atoms with Gasteiger partial charge >= 0.3 is 0 Å². The molecule has 4 heteroatoms. The molecule has 0 aromatic heterocycles. The second-order valence-electron chi connectivity index (χ2n) is 8.41. The molecule has 34 heavy (non-hydrogen) atoms. The third-order valence-electron chi connectivity index (χ3n) is 6.40. The largest absolute Gasteiger partial charge is 0.621 e. The third kappa shape index (κ3) is 3.79. The number of hydrogen-bond donors (Lipinski definition) is 0. The number of nitrogens with zero attached hydrogens (tertiary/aromatic N) is 2. The average Bonchev–Trinajstić information content (AvgIpc) is 2.94. The lowest BCUT2D eigenvalue weighted by Crippen LogP contribution is -2.46. The van der Waals surface area contributed by atoms with Crippen molar-refractivity contribution in [3.05, 3.63) is 150 Å². The van der Waals surface area contributed by atoms with Crippen LogP contribution in [0.3, 0.4) is 0 Å². The van der Waals surface area contributed by atoms with E-state index in [-0.39, 0.29) is 6.04 Å². The van der Waals surface area contributed by atoms with Crippen molar-refractivity contribution in [2.45, 2.75) is 12.5 Å². The average molecular weight is 447 g/mol. The van der Waals surface area contributed by atoms with Crippen LogP contribution < -0.4 is 9.29 Å². The molecule has 2 unspecified atom stereocenters. The first-order valence-electron chi connectivity index (χ1n) is 11.4. The van der Waals surface area contributed by atoms with E-state index in [0.717, 1.165) is 0 Å². The summed E-state index contributed by atoms with van der Waals surface area (Å²) >= 11 is 0. The van der Waals surface area contributed by atoms with Gasteiger partial charge in [0, 0.05) is 55.0 Å². The van der Waals surface area contributed by atoms with Gasteiger partial charge < -0.3 is 10.4 Å². The molecule has 0 radical (unpaired) electrons. The maximum absolute atomic E-state index is 14.5. The number of quaternary nitrogens is 2. The summed E-state index contributed by atoms with van der Waals surface area (Å²) < 4.78 is -1.35. The van der Waals surface area contributed by atoms with Gasteiger partial charge in [-0.25, -0.2) is 0 Å². The predicted octanol–water partition coefficient (Wildman–Crippen LogP) is 8.18. The Morgan fingerprint density at radius 3 is 1.38 bits per heavy atom. The summed E-state index contributed by atoms with van der Waals surface area (Å²) in [5.74, 6) is 0. The van der Waals surface area contributed by atoms with Crippen LogP contribution in [0.2, 0.25) is 0 Å². The zero-order chi connectivity index (χ0) is 23.4. The van der Waals surface area contributed by atoms with Crippen LogP contribution in [-0.2, 0) is 0 Å². The Labute approximate surface area is 200 Å². The standard InChI is InChI=1S/C30H26N2O2/c33-31(25-13-5-1-6-14-25,26-15-7-2-8-16-26)29-21-23-30(24-22-29)32(34,27-17-9-3-10-18-27)28-19-11-4-12-20-28/h1-19,21-24,28H,20H2. The Morgan fingerprint density at radius 1 is 0.500 bits per heavy atom. The molecule has 5 rings (SSSR count). The van der Waals surface area contributed by atoms with Crippen molar-refractivity contribution >= 4 is 28.4 Å². The molecule has 0 spiro atoms. The highest BCUT2D eigenvalue weighted by Gasteiger charge is 2.33. The van der Waals surface area contributed by atoms with E-state index < -0.39 is 9.29 Å². The first-order chi connectivity index (χ1) is 16.6. The number of rotatable bonds is 6. The normalized spacial score (nSPS) is 17.3. The summed E-state index contributed by atoms with van der Waals surface area (Å²) in [6.07, 6.45) is 8.54. The van der Waals surface area contributed by atoms with E-state index in [4.69, 9.17) is 0 Å². The zero-order valence-electron chi connectivity index (χ0n) is 18.8. The van der Waals surface area contributed by atoms with Crippen LogP contribution in [0.15, 0.2) is 140 Å².